The highest BCUT2D eigenvalue weighted by Crippen LogP contribution is 2.51. The van der Waals surface area contributed by atoms with Crippen molar-refractivity contribution in [2.75, 3.05) is 6.61 Å². The van der Waals surface area contributed by atoms with E-state index < -0.39 is 30.8 Å². The van der Waals surface area contributed by atoms with Crippen molar-refractivity contribution >= 4 is 11.6 Å². The summed E-state index contributed by atoms with van der Waals surface area (Å²) in [6.07, 6.45) is -3.49. The summed E-state index contributed by atoms with van der Waals surface area (Å²) in [7, 11) is 0. The fourth-order valence-electron chi connectivity index (χ4n) is 4.60. The van der Waals surface area contributed by atoms with Gasteiger partial charge in [-0.15, -0.1) is 0 Å². The van der Waals surface area contributed by atoms with Crippen LogP contribution in [0.25, 0.3) is 0 Å². The molecule has 28 heavy (non-hydrogen) atoms. The summed E-state index contributed by atoms with van der Waals surface area (Å²) < 4.78 is 6.07. The Morgan fingerprint density at radius 3 is 1.71 bits per heavy atom. The quantitative estimate of drug-likeness (QED) is 0.560. The Labute approximate surface area is 164 Å². The Kier molecular flexibility index (Phi) is 5.34. The smallest absolute Gasteiger partial charge is 0.163 e. The molecular weight excluding hydrogens is 364 g/mol. The minimum Gasteiger partial charge on any atom is -0.465 e. The average molecular weight is 394 g/mol. The van der Waals surface area contributed by atoms with E-state index >= 15 is 0 Å². The molecule has 3 atom stereocenters. The number of carbonyl (C=O) groups is 2. The number of carbonyl (C=O) groups excluding carboxylic acids is 2. The first-order chi connectivity index (χ1) is 12.9. The van der Waals surface area contributed by atoms with E-state index in [9.17, 15) is 24.9 Å². The number of hydrogen-bond acceptors (Lipinski definition) is 7. The predicted molar refractivity (Wildman–Crippen MR) is 99.8 cm³/mol. The van der Waals surface area contributed by atoms with E-state index in [2.05, 4.69) is 0 Å². The molecule has 7 nitrogen and oxygen atoms in total. The van der Waals surface area contributed by atoms with Crippen molar-refractivity contribution in [2.45, 2.75) is 71.7 Å². The number of aliphatic hydroxyl groups excluding tert-OH is 4. The van der Waals surface area contributed by atoms with Gasteiger partial charge in [-0.2, -0.15) is 0 Å². The molecule has 0 spiro atoms. The highest BCUT2D eigenvalue weighted by Gasteiger charge is 2.51. The Bertz CT molecular complexity index is 707. The minimum atomic E-state index is -1.71. The van der Waals surface area contributed by atoms with Crippen LogP contribution >= 0.6 is 0 Å². The number of Topliss-reactive ketones (excluding diaryl/α,β-unsaturated/α-hetero) is 2. The monoisotopic (exact) mass is 394 g/mol. The van der Waals surface area contributed by atoms with Crippen LogP contribution in [-0.4, -0.2) is 56.9 Å². The Balaban J connectivity index is 2.12. The summed E-state index contributed by atoms with van der Waals surface area (Å²) in [6.45, 7) is 7.06. The molecule has 0 aromatic heterocycles. The van der Waals surface area contributed by atoms with Crippen LogP contribution in [0.3, 0.4) is 0 Å². The molecule has 1 aliphatic heterocycles. The number of aliphatic hydroxyl groups is 4. The molecule has 7 heteroatoms. The maximum absolute atomic E-state index is 13.0. The summed E-state index contributed by atoms with van der Waals surface area (Å²) in [4.78, 5) is 25.9. The molecule has 0 bridgehead atoms. The maximum atomic E-state index is 13.0. The zero-order chi connectivity index (χ0) is 21.0. The van der Waals surface area contributed by atoms with Crippen LogP contribution in [0.15, 0.2) is 22.7 Å². The van der Waals surface area contributed by atoms with Gasteiger partial charge in [-0.05, 0) is 10.8 Å². The third-order valence-electron chi connectivity index (χ3n) is 5.90. The Morgan fingerprint density at radius 1 is 0.893 bits per heavy atom. The van der Waals surface area contributed by atoms with Crippen molar-refractivity contribution in [1.29, 1.82) is 0 Å². The molecule has 156 valence electrons. The molecule has 0 aromatic rings. The summed E-state index contributed by atoms with van der Waals surface area (Å²) >= 11 is 0. The molecule has 0 unspecified atom stereocenters. The van der Waals surface area contributed by atoms with Gasteiger partial charge in [-0.25, -0.2) is 0 Å². The van der Waals surface area contributed by atoms with Gasteiger partial charge < -0.3 is 25.2 Å². The number of allylic oxidation sites excluding steroid dienone is 2. The third-order valence-corrected chi connectivity index (χ3v) is 5.90. The molecule has 0 fully saturated rings. The summed E-state index contributed by atoms with van der Waals surface area (Å²) in [5, 5.41) is 40.2. The van der Waals surface area contributed by atoms with Gasteiger partial charge in [0.15, 0.2) is 11.6 Å². The molecular formula is C21H30O7. The standard InChI is InChI=1S/C21H30O7/c1-20(2)5-10(23)15-13(7-20)28-14-8-21(3,4)6-11(24)16(14)17(15)19(27)18(26)12(25)9-22/h12,17-19,22,25-27H,5-9H2,1-4H3/t12-,18-,19-/m0/s1. The van der Waals surface area contributed by atoms with Gasteiger partial charge in [-0.1, -0.05) is 27.7 Å². The molecule has 0 amide bonds. The fourth-order valence-corrected chi connectivity index (χ4v) is 4.60. The van der Waals surface area contributed by atoms with E-state index in [1.165, 1.54) is 0 Å². The minimum absolute atomic E-state index is 0.211. The highest BCUT2D eigenvalue weighted by molar-refractivity contribution is 6.04. The van der Waals surface area contributed by atoms with Gasteiger partial charge in [0.2, 0.25) is 0 Å². The van der Waals surface area contributed by atoms with E-state index in [4.69, 9.17) is 9.84 Å². The number of ketones is 2. The van der Waals surface area contributed by atoms with Crippen LogP contribution in [-0.2, 0) is 14.3 Å². The van der Waals surface area contributed by atoms with Crippen molar-refractivity contribution < 1.29 is 34.8 Å². The number of rotatable bonds is 4. The molecule has 0 radical (unpaired) electrons. The summed E-state index contributed by atoms with van der Waals surface area (Å²) in [5.41, 5.74) is -0.215. The Hall–Kier alpha value is -1.54. The number of hydrogen-bond donors (Lipinski definition) is 4. The van der Waals surface area contributed by atoms with E-state index in [-0.39, 0.29) is 46.4 Å². The highest BCUT2D eigenvalue weighted by atomic mass is 16.5. The second kappa shape index (κ2) is 7.06. The summed E-state index contributed by atoms with van der Waals surface area (Å²) in [5.74, 6) is -0.669. The van der Waals surface area contributed by atoms with Gasteiger partial charge in [0.05, 0.1) is 18.6 Å². The van der Waals surface area contributed by atoms with Crippen LogP contribution in [0.4, 0.5) is 0 Å². The van der Waals surface area contributed by atoms with Crippen molar-refractivity contribution in [3.05, 3.63) is 22.7 Å². The van der Waals surface area contributed by atoms with E-state index in [0.717, 1.165) is 0 Å². The first-order valence-electron chi connectivity index (χ1n) is 9.72. The molecule has 3 rings (SSSR count). The molecule has 2 aliphatic carbocycles. The van der Waals surface area contributed by atoms with Crippen molar-refractivity contribution in [2.24, 2.45) is 16.7 Å². The van der Waals surface area contributed by atoms with Crippen LogP contribution in [0.1, 0.15) is 53.4 Å². The molecule has 0 aromatic carbocycles. The van der Waals surface area contributed by atoms with Gasteiger partial charge in [-0.3, -0.25) is 9.59 Å². The van der Waals surface area contributed by atoms with Crippen molar-refractivity contribution in [3.63, 3.8) is 0 Å². The van der Waals surface area contributed by atoms with Crippen LogP contribution < -0.4 is 0 Å². The van der Waals surface area contributed by atoms with Crippen LogP contribution in [0, 0.1) is 16.7 Å². The maximum Gasteiger partial charge on any atom is 0.163 e. The topological polar surface area (TPSA) is 124 Å². The zero-order valence-electron chi connectivity index (χ0n) is 16.9. The largest absolute Gasteiger partial charge is 0.465 e. The molecule has 1 heterocycles. The van der Waals surface area contributed by atoms with Gasteiger partial charge >= 0.3 is 0 Å². The lowest BCUT2D eigenvalue weighted by atomic mass is 9.65. The second-order valence-corrected chi connectivity index (χ2v) is 9.87. The lowest BCUT2D eigenvalue weighted by Gasteiger charge is -2.44. The molecule has 4 N–H and O–H groups in total. The third kappa shape index (κ3) is 3.68. The average Bonchev–Trinajstić information content (AvgIpc) is 2.55. The predicted octanol–water partition coefficient (Wildman–Crippen LogP) is 0.994. The van der Waals surface area contributed by atoms with E-state index in [1.54, 1.807) is 0 Å². The Morgan fingerprint density at radius 2 is 1.32 bits per heavy atom. The first kappa shape index (κ1) is 21.2. The zero-order valence-corrected chi connectivity index (χ0v) is 16.9. The summed E-state index contributed by atoms with van der Waals surface area (Å²) in [6, 6.07) is 0. The van der Waals surface area contributed by atoms with Crippen LogP contribution in [0.5, 0.6) is 0 Å². The number of ether oxygens (including phenoxy) is 1. The fraction of sp³-hybridized carbons (Fsp3) is 0.714. The molecule has 3 aliphatic rings. The lowest BCUT2D eigenvalue weighted by Crippen LogP contribution is -2.49. The van der Waals surface area contributed by atoms with Crippen molar-refractivity contribution in [3.8, 4) is 0 Å². The normalized spacial score (nSPS) is 27.7. The molecule has 0 saturated carbocycles. The van der Waals surface area contributed by atoms with Crippen LogP contribution in [0.2, 0.25) is 0 Å². The van der Waals surface area contributed by atoms with Gasteiger partial charge in [0.25, 0.3) is 0 Å². The first-order valence-corrected chi connectivity index (χ1v) is 9.72. The van der Waals surface area contributed by atoms with E-state index in [0.29, 0.717) is 24.4 Å². The lowest BCUT2D eigenvalue weighted by molar-refractivity contribution is -0.125. The molecule has 0 saturated heterocycles. The SMILES string of the molecule is CC1(C)CC(=O)C2=C(C1)OC1=C(C(=O)CC(C)(C)C1)C2[C@H](O)[C@@H](O)[C@@H](O)CO. The van der Waals surface area contributed by atoms with Gasteiger partial charge in [0, 0.05) is 36.8 Å². The second-order valence-electron chi connectivity index (χ2n) is 9.87. The van der Waals surface area contributed by atoms with Gasteiger partial charge in [0.1, 0.15) is 23.7 Å². The van der Waals surface area contributed by atoms with E-state index in [1.807, 2.05) is 27.7 Å². The van der Waals surface area contributed by atoms with Crippen molar-refractivity contribution in [1.82, 2.24) is 0 Å².